The normalized spacial score (nSPS) is 62.5. The van der Waals surface area contributed by atoms with Crippen LogP contribution in [0.15, 0.2) is 0 Å². The van der Waals surface area contributed by atoms with Crippen molar-refractivity contribution in [2.24, 2.45) is 0 Å². The fraction of sp³-hybridized carbons (Fsp3) is 1.00. The van der Waals surface area contributed by atoms with Crippen LogP contribution in [-0.4, -0.2) is 23.5 Å². The van der Waals surface area contributed by atoms with Crippen LogP contribution in [0.2, 0.25) is 0 Å². The van der Waals surface area contributed by atoms with Gasteiger partial charge in [0.25, 0.3) is 0 Å². The number of rotatable bonds is 0. The van der Waals surface area contributed by atoms with Gasteiger partial charge in [-0.1, -0.05) is 0 Å². The smallest absolute Gasteiger partial charge is 0.0321 e. The fourth-order valence-electron chi connectivity index (χ4n) is 1.19. The lowest BCUT2D eigenvalue weighted by Crippen LogP contribution is -2.28. The standard InChI is InChI=1S/C5H9N/c1-5-2-3-6(5)4-5/h2-4H2,1H3. The Kier molecular flexibility index (Phi) is 0.274. The lowest BCUT2D eigenvalue weighted by molar-refractivity contribution is 0.289. The van der Waals surface area contributed by atoms with E-state index in [-0.39, 0.29) is 0 Å². The Morgan fingerprint density at radius 1 is 1.67 bits per heavy atom. The summed E-state index contributed by atoms with van der Waals surface area (Å²) in [6.45, 7) is 5.08. The van der Waals surface area contributed by atoms with Gasteiger partial charge in [-0.2, -0.15) is 0 Å². The minimum atomic E-state index is 0.722. The molecule has 0 amide bonds. The lowest BCUT2D eigenvalue weighted by Gasteiger charge is -2.20. The Morgan fingerprint density at radius 3 is 2.33 bits per heavy atom. The molecule has 2 heterocycles. The molecule has 0 N–H and O–H groups in total. The van der Waals surface area contributed by atoms with Crippen LogP contribution in [-0.2, 0) is 0 Å². The molecule has 0 aliphatic carbocycles. The molecule has 2 aliphatic heterocycles. The van der Waals surface area contributed by atoms with Crippen molar-refractivity contribution in [2.75, 3.05) is 13.1 Å². The largest absolute Gasteiger partial charge is 0.295 e. The van der Waals surface area contributed by atoms with E-state index in [2.05, 4.69) is 11.8 Å². The molecular weight excluding hydrogens is 74.1 g/mol. The van der Waals surface area contributed by atoms with Crippen molar-refractivity contribution >= 4 is 0 Å². The molecule has 34 valence electrons. The summed E-state index contributed by atoms with van der Waals surface area (Å²) in [4.78, 5) is 2.49. The Hall–Kier alpha value is -0.0400. The van der Waals surface area contributed by atoms with Crippen LogP contribution in [0.5, 0.6) is 0 Å². The molecule has 2 saturated heterocycles. The van der Waals surface area contributed by atoms with Gasteiger partial charge in [-0.15, -0.1) is 0 Å². The van der Waals surface area contributed by atoms with Crippen LogP contribution >= 0.6 is 0 Å². The first-order chi connectivity index (χ1) is 2.81. The highest BCUT2D eigenvalue weighted by molar-refractivity contribution is 5.11. The zero-order valence-corrected chi connectivity index (χ0v) is 4.07. The van der Waals surface area contributed by atoms with Gasteiger partial charge >= 0.3 is 0 Å². The molecule has 0 saturated carbocycles. The van der Waals surface area contributed by atoms with Gasteiger partial charge in [0.2, 0.25) is 0 Å². The van der Waals surface area contributed by atoms with E-state index < -0.39 is 0 Å². The van der Waals surface area contributed by atoms with E-state index in [1.165, 1.54) is 19.5 Å². The summed E-state index contributed by atoms with van der Waals surface area (Å²) < 4.78 is 0. The van der Waals surface area contributed by atoms with Crippen molar-refractivity contribution in [3.63, 3.8) is 0 Å². The monoisotopic (exact) mass is 83.1 g/mol. The summed E-state index contributed by atoms with van der Waals surface area (Å²) in [6.07, 6.45) is 1.45. The van der Waals surface area contributed by atoms with E-state index >= 15 is 0 Å². The maximum absolute atomic E-state index is 2.49. The second kappa shape index (κ2) is 0.544. The SMILES string of the molecule is CC12CCN1C2. The van der Waals surface area contributed by atoms with Crippen LogP contribution in [0.3, 0.4) is 0 Å². The van der Waals surface area contributed by atoms with Gasteiger partial charge < -0.3 is 0 Å². The van der Waals surface area contributed by atoms with Gasteiger partial charge in [0.1, 0.15) is 0 Å². The molecule has 2 fully saturated rings. The highest BCUT2D eigenvalue weighted by Gasteiger charge is 2.54. The first-order valence-electron chi connectivity index (χ1n) is 2.56. The highest BCUT2D eigenvalue weighted by Crippen LogP contribution is 2.44. The van der Waals surface area contributed by atoms with Crippen molar-refractivity contribution in [3.8, 4) is 0 Å². The third-order valence-electron chi connectivity index (χ3n) is 2.11. The van der Waals surface area contributed by atoms with E-state index in [9.17, 15) is 0 Å². The van der Waals surface area contributed by atoms with E-state index in [0.29, 0.717) is 0 Å². The third kappa shape index (κ3) is 0.155. The summed E-state index contributed by atoms with van der Waals surface area (Å²) in [5.74, 6) is 0. The van der Waals surface area contributed by atoms with Gasteiger partial charge in [-0.25, -0.2) is 0 Å². The Bertz CT molecular complexity index is 85.9. The molecule has 6 heavy (non-hydrogen) atoms. The summed E-state index contributed by atoms with van der Waals surface area (Å²) in [5.41, 5.74) is 0.722. The molecule has 0 aromatic rings. The molecule has 0 aromatic carbocycles. The summed E-state index contributed by atoms with van der Waals surface area (Å²) in [6, 6.07) is 0. The first-order valence-corrected chi connectivity index (χ1v) is 2.56. The van der Waals surface area contributed by atoms with Gasteiger partial charge in [0, 0.05) is 18.6 Å². The van der Waals surface area contributed by atoms with E-state index in [0.717, 1.165) is 5.54 Å². The van der Waals surface area contributed by atoms with Gasteiger partial charge in [0.05, 0.1) is 0 Å². The number of hydrogen-bond acceptors (Lipinski definition) is 1. The number of fused-ring (bicyclic) bond motifs is 1. The molecule has 2 rings (SSSR count). The van der Waals surface area contributed by atoms with Crippen LogP contribution in [0.1, 0.15) is 13.3 Å². The summed E-state index contributed by atoms with van der Waals surface area (Å²) >= 11 is 0. The minimum Gasteiger partial charge on any atom is -0.295 e. The van der Waals surface area contributed by atoms with Crippen LogP contribution < -0.4 is 0 Å². The van der Waals surface area contributed by atoms with Gasteiger partial charge in [0.15, 0.2) is 0 Å². The van der Waals surface area contributed by atoms with E-state index in [4.69, 9.17) is 0 Å². The lowest BCUT2D eigenvalue weighted by atomic mass is 10.0. The van der Waals surface area contributed by atoms with Gasteiger partial charge in [-0.3, -0.25) is 4.90 Å². The Morgan fingerprint density at radius 2 is 2.33 bits per heavy atom. The second-order valence-corrected chi connectivity index (χ2v) is 2.67. The zero-order valence-electron chi connectivity index (χ0n) is 4.07. The third-order valence-corrected chi connectivity index (χ3v) is 2.11. The molecule has 0 spiro atoms. The summed E-state index contributed by atoms with van der Waals surface area (Å²) in [5, 5.41) is 0. The Balaban J connectivity index is 2.22. The second-order valence-electron chi connectivity index (χ2n) is 2.67. The van der Waals surface area contributed by atoms with Crippen molar-refractivity contribution in [3.05, 3.63) is 0 Å². The quantitative estimate of drug-likeness (QED) is 0.384. The van der Waals surface area contributed by atoms with E-state index in [1.807, 2.05) is 0 Å². The predicted molar refractivity (Wildman–Crippen MR) is 24.6 cm³/mol. The first kappa shape index (κ1) is 3.03. The maximum atomic E-state index is 2.49. The average molecular weight is 83.1 g/mol. The molecular formula is C5H9N. The summed E-state index contributed by atoms with van der Waals surface area (Å²) in [7, 11) is 0. The highest BCUT2D eigenvalue weighted by atomic mass is 15.4. The molecule has 0 bridgehead atoms. The average Bonchev–Trinajstić information content (AvgIpc) is 1.88. The van der Waals surface area contributed by atoms with Crippen LogP contribution in [0, 0.1) is 0 Å². The minimum absolute atomic E-state index is 0.722. The molecule has 0 aromatic heterocycles. The molecule has 0 radical (unpaired) electrons. The number of nitrogens with zero attached hydrogens (tertiary/aromatic N) is 1. The van der Waals surface area contributed by atoms with Gasteiger partial charge in [-0.05, 0) is 13.3 Å². The molecule has 2 aliphatic rings. The topological polar surface area (TPSA) is 3.01 Å². The van der Waals surface area contributed by atoms with Crippen molar-refractivity contribution in [1.29, 1.82) is 0 Å². The van der Waals surface area contributed by atoms with E-state index in [1.54, 1.807) is 0 Å². The molecule has 2 unspecified atom stereocenters. The predicted octanol–water partition coefficient (Wildman–Crippen LogP) is 0.464. The molecule has 2 atom stereocenters. The van der Waals surface area contributed by atoms with Crippen molar-refractivity contribution < 1.29 is 0 Å². The molecule has 1 heteroatoms. The number of hydrogen-bond donors (Lipinski definition) is 0. The van der Waals surface area contributed by atoms with Crippen molar-refractivity contribution in [2.45, 2.75) is 18.9 Å². The van der Waals surface area contributed by atoms with Crippen molar-refractivity contribution in [1.82, 2.24) is 4.90 Å². The molecule has 1 nitrogen and oxygen atoms in total. The van der Waals surface area contributed by atoms with Crippen LogP contribution in [0.4, 0.5) is 0 Å². The fourth-order valence-corrected chi connectivity index (χ4v) is 1.19. The maximum Gasteiger partial charge on any atom is 0.0321 e. The van der Waals surface area contributed by atoms with Crippen LogP contribution in [0.25, 0.3) is 0 Å². The zero-order chi connectivity index (χ0) is 4.20. The Labute approximate surface area is 37.9 Å².